The topological polar surface area (TPSA) is 105 Å². The molecule has 222 valence electrons. The maximum absolute atomic E-state index is 13.9. The van der Waals surface area contributed by atoms with Gasteiger partial charge in [0.1, 0.15) is 0 Å². The van der Waals surface area contributed by atoms with Gasteiger partial charge in [0.15, 0.2) is 5.65 Å². The number of amides is 1. The molecule has 1 aliphatic rings. The molecular formula is C34H44N6O2. The first-order chi connectivity index (χ1) is 19.7. The molecule has 5 rings (SSSR count). The third kappa shape index (κ3) is 6.04. The standard InChI is InChI=1S/C34H44N6O2/c1-20(2)40-30-28(19-36-40)26(15-29(38-30)24-16-33(5,6)39-34(7,8)17-24)31(41)35-18-27-21(3)25(22(4)37-32(27)42)14-23-12-10-9-11-13-23/h9-13,15,19-20,24,39H,14,16-18H2,1-8H3,(H,35,41)(H,37,42). The number of hydrogen-bond donors (Lipinski definition) is 3. The molecule has 0 unspecified atom stereocenters. The Morgan fingerprint density at radius 2 is 1.74 bits per heavy atom. The van der Waals surface area contributed by atoms with E-state index in [-0.39, 0.29) is 41.0 Å². The minimum absolute atomic E-state index is 0.0643. The summed E-state index contributed by atoms with van der Waals surface area (Å²) in [6, 6.07) is 12.2. The van der Waals surface area contributed by atoms with Crippen LogP contribution < -0.4 is 16.2 Å². The van der Waals surface area contributed by atoms with Crippen LogP contribution in [0.25, 0.3) is 11.0 Å². The van der Waals surface area contributed by atoms with Gasteiger partial charge in [-0.25, -0.2) is 9.67 Å². The normalized spacial score (nSPS) is 16.7. The Morgan fingerprint density at radius 3 is 2.38 bits per heavy atom. The van der Waals surface area contributed by atoms with Crippen molar-refractivity contribution in [2.24, 2.45) is 0 Å². The van der Waals surface area contributed by atoms with Crippen LogP contribution in [-0.2, 0) is 13.0 Å². The number of H-pyrrole nitrogens is 1. The van der Waals surface area contributed by atoms with Gasteiger partial charge >= 0.3 is 0 Å². The van der Waals surface area contributed by atoms with Crippen molar-refractivity contribution in [2.75, 3.05) is 0 Å². The molecule has 0 radical (unpaired) electrons. The molecule has 3 N–H and O–H groups in total. The number of benzene rings is 1. The number of piperidine rings is 1. The summed E-state index contributed by atoms with van der Waals surface area (Å²) < 4.78 is 1.89. The molecule has 1 aliphatic heterocycles. The maximum Gasteiger partial charge on any atom is 0.253 e. The molecule has 0 bridgehead atoms. The van der Waals surface area contributed by atoms with Gasteiger partial charge in [0.05, 0.1) is 17.1 Å². The molecule has 1 aromatic carbocycles. The second-order valence-electron chi connectivity index (χ2n) is 13.5. The van der Waals surface area contributed by atoms with Crippen LogP contribution in [0.2, 0.25) is 0 Å². The number of fused-ring (bicyclic) bond motifs is 1. The van der Waals surface area contributed by atoms with E-state index in [1.54, 1.807) is 6.20 Å². The van der Waals surface area contributed by atoms with Crippen molar-refractivity contribution in [2.45, 2.75) is 104 Å². The first-order valence-corrected chi connectivity index (χ1v) is 15.0. The van der Waals surface area contributed by atoms with Crippen LogP contribution in [0.1, 0.15) is 110 Å². The van der Waals surface area contributed by atoms with Gasteiger partial charge in [-0.2, -0.15) is 5.10 Å². The predicted octanol–water partition coefficient (Wildman–Crippen LogP) is 5.86. The fourth-order valence-corrected chi connectivity index (χ4v) is 6.84. The molecule has 8 heteroatoms. The van der Waals surface area contributed by atoms with Crippen molar-refractivity contribution >= 4 is 16.9 Å². The summed E-state index contributed by atoms with van der Waals surface area (Å²) in [4.78, 5) is 35.0. The predicted molar refractivity (Wildman–Crippen MR) is 168 cm³/mol. The van der Waals surface area contributed by atoms with Gasteiger partial charge in [-0.1, -0.05) is 30.3 Å². The largest absolute Gasteiger partial charge is 0.348 e. The van der Waals surface area contributed by atoms with Crippen molar-refractivity contribution in [3.63, 3.8) is 0 Å². The number of nitrogens with one attached hydrogen (secondary N) is 3. The lowest BCUT2D eigenvalue weighted by Crippen LogP contribution is -2.57. The van der Waals surface area contributed by atoms with Crippen LogP contribution in [0.4, 0.5) is 0 Å². The molecule has 0 spiro atoms. The summed E-state index contributed by atoms with van der Waals surface area (Å²) in [5.74, 6) is -0.0474. The Hall–Kier alpha value is -3.78. The number of aromatic nitrogens is 4. The van der Waals surface area contributed by atoms with Crippen LogP contribution in [-0.4, -0.2) is 36.7 Å². The first-order valence-electron chi connectivity index (χ1n) is 15.0. The average molecular weight is 569 g/mol. The zero-order valence-corrected chi connectivity index (χ0v) is 26.2. The van der Waals surface area contributed by atoms with E-state index in [4.69, 9.17) is 4.98 Å². The van der Waals surface area contributed by atoms with Crippen LogP contribution in [0.15, 0.2) is 47.4 Å². The molecule has 0 aliphatic carbocycles. The van der Waals surface area contributed by atoms with Crippen molar-refractivity contribution in [1.29, 1.82) is 0 Å². The molecule has 1 amide bonds. The lowest BCUT2D eigenvalue weighted by Gasteiger charge is -2.46. The molecule has 1 saturated heterocycles. The summed E-state index contributed by atoms with van der Waals surface area (Å²) in [7, 11) is 0. The minimum atomic E-state index is -0.233. The zero-order chi connectivity index (χ0) is 30.4. The summed E-state index contributed by atoms with van der Waals surface area (Å²) in [6.07, 6.45) is 4.27. The number of rotatable bonds is 7. The fourth-order valence-electron chi connectivity index (χ4n) is 6.84. The Kier molecular flexibility index (Phi) is 7.88. The third-order valence-electron chi connectivity index (χ3n) is 8.51. The molecule has 8 nitrogen and oxygen atoms in total. The zero-order valence-electron chi connectivity index (χ0n) is 26.2. The van der Waals surface area contributed by atoms with Crippen molar-refractivity contribution < 1.29 is 4.79 Å². The summed E-state index contributed by atoms with van der Waals surface area (Å²) in [5.41, 5.74) is 6.46. The Balaban J connectivity index is 1.49. The van der Waals surface area contributed by atoms with Gasteiger partial charge in [0.25, 0.3) is 11.5 Å². The van der Waals surface area contributed by atoms with Gasteiger partial charge in [0, 0.05) is 46.5 Å². The number of nitrogens with zero attached hydrogens (tertiary/aromatic N) is 3. The second kappa shape index (κ2) is 11.1. The van der Waals surface area contributed by atoms with Gasteiger partial charge in [-0.15, -0.1) is 0 Å². The summed E-state index contributed by atoms with van der Waals surface area (Å²) in [6.45, 7) is 17.0. The molecule has 0 saturated carbocycles. The molecule has 42 heavy (non-hydrogen) atoms. The monoisotopic (exact) mass is 568 g/mol. The molecule has 4 aromatic rings. The molecule has 4 heterocycles. The maximum atomic E-state index is 13.9. The highest BCUT2D eigenvalue weighted by molar-refractivity contribution is 6.05. The smallest absolute Gasteiger partial charge is 0.253 e. The number of aromatic amines is 1. The quantitative estimate of drug-likeness (QED) is 0.259. The lowest BCUT2D eigenvalue weighted by atomic mass is 9.74. The van der Waals surface area contributed by atoms with E-state index in [2.05, 4.69) is 74.4 Å². The molecule has 1 fully saturated rings. The third-order valence-corrected chi connectivity index (χ3v) is 8.51. The minimum Gasteiger partial charge on any atom is -0.348 e. The van der Waals surface area contributed by atoms with Crippen LogP contribution in [0.3, 0.4) is 0 Å². The average Bonchev–Trinajstić information content (AvgIpc) is 3.33. The van der Waals surface area contributed by atoms with Gasteiger partial charge in [0.2, 0.25) is 0 Å². The van der Waals surface area contributed by atoms with Crippen LogP contribution >= 0.6 is 0 Å². The van der Waals surface area contributed by atoms with Crippen LogP contribution in [0.5, 0.6) is 0 Å². The number of carbonyl (C=O) groups is 1. The summed E-state index contributed by atoms with van der Waals surface area (Å²) in [5, 5.41) is 12.1. The number of carbonyl (C=O) groups excluding carboxylic acids is 1. The first kappa shape index (κ1) is 29.7. The van der Waals surface area contributed by atoms with Gasteiger partial charge < -0.3 is 15.6 Å². The van der Waals surface area contributed by atoms with Crippen molar-refractivity contribution in [3.05, 3.63) is 92.2 Å². The highest BCUT2D eigenvalue weighted by atomic mass is 16.1. The fraction of sp³-hybridized carbons (Fsp3) is 0.471. The molecular weight excluding hydrogens is 524 g/mol. The van der Waals surface area contributed by atoms with Gasteiger partial charge in [-0.3, -0.25) is 9.59 Å². The van der Waals surface area contributed by atoms with E-state index >= 15 is 0 Å². The van der Waals surface area contributed by atoms with E-state index in [1.165, 1.54) is 5.56 Å². The van der Waals surface area contributed by atoms with Gasteiger partial charge in [-0.05, 0) is 97.4 Å². The second-order valence-corrected chi connectivity index (χ2v) is 13.5. The van der Waals surface area contributed by atoms with Crippen LogP contribution in [0, 0.1) is 13.8 Å². The van der Waals surface area contributed by atoms with E-state index in [0.29, 0.717) is 17.5 Å². The summed E-state index contributed by atoms with van der Waals surface area (Å²) >= 11 is 0. The molecule has 3 aromatic heterocycles. The highest BCUT2D eigenvalue weighted by Gasteiger charge is 2.39. The Bertz CT molecular complexity index is 1660. The number of aryl methyl sites for hydroxylation is 1. The highest BCUT2D eigenvalue weighted by Crippen LogP contribution is 2.39. The Morgan fingerprint density at radius 1 is 1.07 bits per heavy atom. The molecule has 0 atom stereocenters. The number of hydrogen-bond acceptors (Lipinski definition) is 5. The lowest BCUT2D eigenvalue weighted by molar-refractivity contribution is 0.0952. The van der Waals surface area contributed by atoms with E-state index in [1.807, 2.05) is 42.8 Å². The number of pyridine rings is 2. The van der Waals surface area contributed by atoms with E-state index in [9.17, 15) is 9.59 Å². The Labute approximate surface area is 248 Å². The SMILES string of the molecule is Cc1[nH]c(=O)c(CNC(=O)c2cc(C3CC(C)(C)NC(C)(C)C3)nc3c2cnn3C(C)C)c(C)c1Cc1ccccc1. The van der Waals surface area contributed by atoms with E-state index in [0.717, 1.165) is 46.4 Å². The van der Waals surface area contributed by atoms with Crippen molar-refractivity contribution in [1.82, 2.24) is 30.4 Å². The van der Waals surface area contributed by atoms with E-state index < -0.39 is 0 Å². The van der Waals surface area contributed by atoms with Crippen molar-refractivity contribution in [3.8, 4) is 0 Å².